The number of ether oxygens (including phenoxy) is 10. The van der Waals surface area contributed by atoms with Gasteiger partial charge in [-0.2, -0.15) is 13.2 Å². The Hall–Kier alpha value is -8.33. The third-order valence-corrected chi connectivity index (χ3v) is 31.1. The van der Waals surface area contributed by atoms with E-state index in [1.54, 1.807) is 78.4 Å². The molecule has 3 aromatic carbocycles. The van der Waals surface area contributed by atoms with Crippen LogP contribution in [0.25, 0.3) is 33.1 Å². The molecule has 6 fully saturated rings. The van der Waals surface area contributed by atoms with E-state index in [9.17, 15) is 65.1 Å². The van der Waals surface area contributed by atoms with E-state index in [2.05, 4.69) is 12.6 Å². The molecule has 3 aromatic heterocycles. The first-order valence-electron chi connectivity index (χ1n) is 50.2. The summed E-state index contributed by atoms with van der Waals surface area (Å²) in [6.45, 7) is 23.0. The monoisotopic (exact) mass is 2090 g/mol. The molecule has 9 heterocycles. The number of halogens is 5. The van der Waals surface area contributed by atoms with Crippen molar-refractivity contribution in [1.29, 1.82) is 0 Å². The van der Waals surface area contributed by atoms with Gasteiger partial charge < -0.3 is 76.5 Å². The molecule has 6 bridgehead atoms. The van der Waals surface area contributed by atoms with Crippen LogP contribution in [-0.4, -0.2) is 220 Å². The van der Waals surface area contributed by atoms with Crippen molar-refractivity contribution in [2.75, 3.05) is 54.7 Å². The van der Waals surface area contributed by atoms with Crippen LogP contribution in [0.2, 0.25) is 0 Å². The van der Waals surface area contributed by atoms with Gasteiger partial charge in [0.05, 0.1) is 118 Å². The van der Waals surface area contributed by atoms with Crippen LogP contribution in [0.3, 0.4) is 0 Å². The number of alkyl halides is 5. The summed E-state index contributed by atoms with van der Waals surface area (Å²) in [5, 5.41) is 0. The Morgan fingerprint density at radius 3 is 1.07 bits per heavy atom. The second-order valence-electron chi connectivity index (χ2n) is 42.8. The number of hydrogen-bond donors (Lipinski definition) is 0. The van der Waals surface area contributed by atoms with Gasteiger partial charge in [0, 0.05) is 98.7 Å². The summed E-state index contributed by atoms with van der Waals surface area (Å²) in [6, 6.07) is 13.7. The summed E-state index contributed by atoms with van der Waals surface area (Å²) >= 11 is 0. The van der Waals surface area contributed by atoms with Gasteiger partial charge in [-0.1, -0.05) is 159 Å². The van der Waals surface area contributed by atoms with Crippen molar-refractivity contribution in [2.24, 2.45) is 69.5 Å². The summed E-state index contributed by atoms with van der Waals surface area (Å²) < 4.78 is 133. The molecule has 0 unspecified atom stereocenters. The number of hydrogen-bond acceptors (Lipinski definition) is 25. The van der Waals surface area contributed by atoms with E-state index in [-0.39, 0.29) is 137 Å². The zero-order valence-electron chi connectivity index (χ0n) is 85.0. The number of fused-ring (bicyclic) bond motifs is 15. The van der Waals surface area contributed by atoms with Gasteiger partial charge in [0.25, 0.3) is 6.43 Å². The van der Waals surface area contributed by atoms with Crippen molar-refractivity contribution in [3.05, 3.63) is 71.7 Å². The summed E-state index contributed by atoms with van der Waals surface area (Å²) in [7, 11) is 6.39. The van der Waals surface area contributed by atoms with E-state index in [1.807, 2.05) is 98.9 Å². The average Bonchev–Trinajstić information content (AvgIpc) is 1.66. The van der Waals surface area contributed by atoms with Crippen LogP contribution < -0.4 is 28.4 Å². The molecule has 15 rings (SSSR count). The molecule has 6 aromatic rings. The average molecular weight is 2090 g/mol. The summed E-state index contributed by atoms with van der Waals surface area (Å²) in [5.74, 6) is -5.44. The Balaban J connectivity index is 0.000000217. The topological polar surface area (TPSA) is 333 Å². The van der Waals surface area contributed by atoms with Gasteiger partial charge in [-0.15, -0.1) is 0 Å². The minimum atomic E-state index is -4.75. The number of esters is 3. The standard InChI is InChI=1S/C36H50N3O7.C35H45F3N3O6.C35H46F2N3O6.3V/c1-7-25-30(21-40)39-20-31(25)45-33-28(37-27-16-15-24(44-6)18-29(27)38-33)14-10-8-9-12-23-13-11-17-36(23,22-43-5)46-32(41)19-26(34(39)42)35(2,3)4;1-6-23-28(20-42)41-19-29(23)46-31-26(39-25-15-14-22(45-5)17-27(25)40-31)13-9-7-8-11-21-12-10-16-34(21,35(36,37)38)47-30(43)18-24(32(41)44)33(2,3)4;1-6-23-28(20-41)40-19-29(23)45-31-26(38-25-15-14-22(44-5)17-27(25)39-31)13-9-7-8-11-21-12-10-16-35(21,33(36)37)46-30(42)18-24(32(40)43)34(2,3)4;;;/h15-16,18,23,25-26,30-31H,7-14,17,19-20,22H2,1-6H3;14-15,17,21,23-24,28-29H,6-13,16,18-19H2,1-5H3;14-15,17,21,23-24,28-29,33H,6-13,16,18-19H2,1-5H3;;;/q3*-1;;;/t23-,25+,26-,30-,31+,36+;21-,23+,24-,28-,29+,34-;21-,23+,24-,28-,29+,35-;;;/m111.../s1. The summed E-state index contributed by atoms with van der Waals surface area (Å²) in [5.41, 5.74) is -1.36. The third-order valence-electron chi connectivity index (χ3n) is 31.1. The number of amides is 3. The summed E-state index contributed by atoms with van der Waals surface area (Å²) in [6.07, 6.45) is 12.0. The molecule has 777 valence electrons. The van der Waals surface area contributed by atoms with Crippen molar-refractivity contribution < 1.29 is 168 Å². The van der Waals surface area contributed by atoms with E-state index in [0.717, 1.165) is 69.0 Å². The zero-order chi connectivity index (χ0) is 100. The van der Waals surface area contributed by atoms with Gasteiger partial charge >= 0.3 is 24.1 Å². The smallest absolute Gasteiger partial charge is 0.428 e. The maximum Gasteiger partial charge on any atom is 0.428 e. The van der Waals surface area contributed by atoms with Crippen LogP contribution in [0.15, 0.2) is 54.6 Å². The number of aromatic nitrogens is 6. The van der Waals surface area contributed by atoms with Gasteiger partial charge in [-0.3, -0.25) is 28.8 Å². The molecule has 0 N–H and O–H groups in total. The fraction of sp³-hybridized carbons (Fsp3) is 0.689. The fourth-order valence-electron chi connectivity index (χ4n) is 23.1. The molecular weight excluding hydrogens is 1950 g/mol. The first-order chi connectivity index (χ1) is 66.2. The maximum absolute atomic E-state index is 14.8. The zero-order valence-corrected chi connectivity index (χ0v) is 89.2. The Morgan fingerprint density at radius 1 is 0.408 bits per heavy atom. The number of aryl methyl sites for hydroxylation is 3. The number of rotatable bonds is 12. The van der Waals surface area contributed by atoms with E-state index in [4.69, 9.17) is 77.3 Å². The van der Waals surface area contributed by atoms with Crippen LogP contribution in [0.5, 0.6) is 34.9 Å². The molecule has 0 spiro atoms. The van der Waals surface area contributed by atoms with E-state index in [0.29, 0.717) is 171 Å². The molecule has 6 aliphatic heterocycles. The van der Waals surface area contributed by atoms with Crippen molar-refractivity contribution in [3.63, 3.8) is 0 Å². The Kier molecular flexibility index (Phi) is 40.3. The van der Waals surface area contributed by atoms with E-state index < -0.39 is 154 Å². The Bertz CT molecular complexity index is 5360. The van der Waals surface area contributed by atoms with Gasteiger partial charge in [0.2, 0.25) is 41.0 Å². The molecule has 142 heavy (non-hydrogen) atoms. The van der Waals surface area contributed by atoms with Gasteiger partial charge in [0.15, 0.2) is 5.60 Å². The number of carbonyl (C=O) groups is 6. The number of benzene rings is 3. The summed E-state index contributed by atoms with van der Waals surface area (Å²) in [4.78, 5) is 154. The largest absolute Gasteiger partial charge is 0.540 e. The van der Waals surface area contributed by atoms with Crippen molar-refractivity contribution in [1.82, 2.24) is 44.6 Å². The van der Waals surface area contributed by atoms with Crippen molar-refractivity contribution in [2.45, 2.75) is 342 Å². The van der Waals surface area contributed by atoms with Crippen molar-refractivity contribution >= 4 is 87.6 Å². The van der Waals surface area contributed by atoms with Crippen LogP contribution in [0.1, 0.15) is 274 Å². The maximum atomic E-state index is 14.8. The van der Waals surface area contributed by atoms with Crippen molar-refractivity contribution in [3.8, 4) is 34.9 Å². The molecular formula is C106H141F5N9O19V3-3. The first-order valence-corrected chi connectivity index (χ1v) is 50.2. The Morgan fingerprint density at radius 2 is 0.732 bits per heavy atom. The second kappa shape index (κ2) is 49.5. The quantitative estimate of drug-likeness (QED) is 0.0475. The van der Waals surface area contributed by atoms with Crippen LogP contribution in [0, 0.1) is 69.5 Å². The van der Waals surface area contributed by atoms with Gasteiger partial charge in [0.1, 0.15) is 58.2 Å². The second-order valence-corrected chi connectivity index (χ2v) is 42.8. The SMILES string of the molecule is CC[C@@H]1[C@@H]2CN(C(=O)[C@H](C(C)(C)C)CC(=O)O[C@]3(C(F)(F)F)CCC[C@H]3CCCCCc3nc4ccc(OC)cc4nc3O2)[C@@H]1[C-]=O.CC[C@@H]1[C@@H]2CN(C(=O)[C@H](C(C)(C)C)CC(=O)O[C@]3(C(F)F)CCC[C@H]3CCCCCc3nc4ccc(OC)cc4nc3O2)[C@@H]1[C-]=O.CC[C@@H]1[C@@H]2CN(C(=O)[C@H](C(C)(C)C)CC(=O)O[C@]3(COC)CCC[C@H]3CCCCCc3nc4ccc(OC)cc4nc3O2)[C@@H]1[C-]=O.[V].[V].[V]. The number of nitrogens with zero attached hydrogens (tertiary/aromatic N) is 9. The number of carbonyl (C=O) groups excluding carboxylic acids is 9. The minimum absolute atomic E-state index is 0. The molecule has 3 saturated heterocycles. The minimum Gasteiger partial charge on any atom is -0.540 e. The normalized spacial score (nSPS) is 29.1. The van der Waals surface area contributed by atoms with E-state index >= 15 is 0 Å². The molecule has 3 amide bonds. The third kappa shape index (κ3) is 25.7. The molecule has 28 nitrogen and oxygen atoms in total. The molecule has 36 heteroatoms. The predicted molar refractivity (Wildman–Crippen MR) is 508 cm³/mol. The van der Waals surface area contributed by atoms with Gasteiger partial charge in [-0.25, -0.2) is 57.5 Å². The molecule has 3 aliphatic carbocycles. The first kappa shape index (κ1) is 116. The predicted octanol–water partition coefficient (Wildman–Crippen LogP) is 18.4. The van der Waals surface area contributed by atoms with Crippen LogP contribution >= 0.6 is 0 Å². The number of methoxy groups -OCH3 is 4. The van der Waals surface area contributed by atoms with Crippen LogP contribution in [0.4, 0.5) is 22.0 Å². The molecule has 18 atom stereocenters. The van der Waals surface area contributed by atoms with E-state index in [1.165, 1.54) is 9.80 Å². The van der Waals surface area contributed by atoms with Gasteiger partial charge in [-0.05, 0) is 186 Å². The molecule has 3 radical (unpaired) electrons. The fourth-order valence-corrected chi connectivity index (χ4v) is 23.1. The Labute approximate surface area is 867 Å². The molecule has 3 saturated carbocycles. The van der Waals surface area contributed by atoms with Crippen LogP contribution in [-0.2, 0) is 137 Å². The molecule has 9 aliphatic rings.